The van der Waals surface area contributed by atoms with Crippen molar-refractivity contribution in [3.8, 4) is 0 Å². The summed E-state index contributed by atoms with van der Waals surface area (Å²) in [5, 5.41) is 11.0. The molecule has 0 spiro atoms. The Bertz CT molecular complexity index is 803. The van der Waals surface area contributed by atoms with Crippen molar-refractivity contribution in [2.75, 3.05) is 10.5 Å². The van der Waals surface area contributed by atoms with Crippen LogP contribution >= 0.6 is 0 Å². The molecule has 2 aromatic carbocycles. The van der Waals surface area contributed by atoms with E-state index < -0.39 is 20.6 Å². The van der Waals surface area contributed by atoms with Crippen LogP contribution in [0.4, 0.5) is 17.1 Å². The monoisotopic (exact) mass is 307 g/mol. The zero-order chi connectivity index (χ0) is 15.6. The predicted octanol–water partition coefficient (Wildman–Crippen LogP) is 2.29. The van der Waals surface area contributed by atoms with Gasteiger partial charge < -0.3 is 5.73 Å². The molecule has 0 heterocycles. The number of rotatable bonds is 4. The summed E-state index contributed by atoms with van der Waals surface area (Å²) in [6, 6.07) is 10.4. The van der Waals surface area contributed by atoms with Gasteiger partial charge in [0, 0.05) is 6.07 Å². The maximum Gasteiger partial charge on any atom is 0.290 e. The molecule has 0 saturated carbocycles. The number of aryl methyl sites for hydroxylation is 1. The van der Waals surface area contributed by atoms with E-state index in [1.54, 1.807) is 12.1 Å². The SMILES string of the molecule is Cc1cccc([N+](=O)[O-])c1S(=O)(=O)Nc1ccccc1N. The number of sulfonamides is 1. The second-order valence-corrected chi connectivity index (χ2v) is 5.99. The molecule has 2 rings (SSSR count). The lowest BCUT2D eigenvalue weighted by molar-refractivity contribution is -0.387. The highest BCUT2D eigenvalue weighted by Crippen LogP contribution is 2.29. The molecule has 0 amide bonds. The normalized spacial score (nSPS) is 11.1. The van der Waals surface area contributed by atoms with E-state index in [9.17, 15) is 18.5 Å². The third kappa shape index (κ3) is 2.95. The molecule has 0 aliphatic heterocycles. The van der Waals surface area contributed by atoms with Crippen molar-refractivity contribution >= 4 is 27.1 Å². The molecule has 0 fully saturated rings. The fourth-order valence-corrected chi connectivity index (χ4v) is 3.40. The third-order valence-electron chi connectivity index (χ3n) is 2.86. The van der Waals surface area contributed by atoms with Crippen molar-refractivity contribution in [2.45, 2.75) is 11.8 Å². The largest absolute Gasteiger partial charge is 0.397 e. The van der Waals surface area contributed by atoms with Crippen LogP contribution in [-0.4, -0.2) is 13.3 Å². The Morgan fingerprint density at radius 2 is 1.81 bits per heavy atom. The van der Waals surface area contributed by atoms with Gasteiger partial charge in [0.2, 0.25) is 0 Å². The Hall–Kier alpha value is -2.61. The first-order valence-electron chi connectivity index (χ1n) is 5.94. The molecular weight excluding hydrogens is 294 g/mol. The number of para-hydroxylation sites is 2. The summed E-state index contributed by atoms with van der Waals surface area (Å²) in [5.41, 5.74) is 5.90. The highest BCUT2D eigenvalue weighted by Gasteiger charge is 2.28. The van der Waals surface area contributed by atoms with E-state index in [1.165, 1.54) is 31.2 Å². The average Bonchev–Trinajstić information content (AvgIpc) is 2.40. The molecule has 2 aromatic rings. The first-order chi connectivity index (χ1) is 9.83. The lowest BCUT2D eigenvalue weighted by Gasteiger charge is -2.12. The van der Waals surface area contributed by atoms with E-state index in [0.717, 1.165) is 6.07 Å². The summed E-state index contributed by atoms with van der Waals surface area (Å²) < 4.78 is 27.1. The molecule has 3 N–H and O–H groups in total. The number of anilines is 2. The molecule has 21 heavy (non-hydrogen) atoms. The van der Waals surface area contributed by atoms with Crippen LogP contribution in [0, 0.1) is 17.0 Å². The Kier molecular flexibility index (Phi) is 3.81. The summed E-state index contributed by atoms with van der Waals surface area (Å²) in [5.74, 6) is 0. The highest BCUT2D eigenvalue weighted by molar-refractivity contribution is 7.93. The minimum atomic E-state index is -4.11. The molecule has 110 valence electrons. The number of nitrogens with one attached hydrogen (secondary N) is 1. The van der Waals surface area contributed by atoms with E-state index in [-0.39, 0.29) is 21.8 Å². The van der Waals surface area contributed by atoms with Crippen molar-refractivity contribution in [1.29, 1.82) is 0 Å². The van der Waals surface area contributed by atoms with Crippen LogP contribution in [0.3, 0.4) is 0 Å². The molecule has 0 radical (unpaired) electrons. The van der Waals surface area contributed by atoms with E-state index in [0.29, 0.717) is 0 Å². The molecule has 0 aromatic heterocycles. The molecule has 0 aliphatic rings. The highest BCUT2D eigenvalue weighted by atomic mass is 32.2. The Balaban J connectivity index is 2.56. The fourth-order valence-electron chi connectivity index (χ4n) is 1.92. The van der Waals surface area contributed by atoms with Crippen LogP contribution in [0.2, 0.25) is 0 Å². The summed E-state index contributed by atoms with van der Waals surface area (Å²) in [4.78, 5) is 9.94. The number of nitro groups is 1. The van der Waals surface area contributed by atoms with Gasteiger partial charge in [-0.2, -0.15) is 0 Å². The number of hydrogen-bond acceptors (Lipinski definition) is 5. The van der Waals surface area contributed by atoms with Gasteiger partial charge in [-0.05, 0) is 24.6 Å². The lowest BCUT2D eigenvalue weighted by Crippen LogP contribution is -2.17. The first-order valence-corrected chi connectivity index (χ1v) is 7.42. The van der Waals surface area contributed by atoms with Crippen molar-refractivity contribution in [3.63, 3.8) is 0 Å². The number of nitrogens with two attached hydrogens (primary N) is 1. The quantitative estimate of drug-likeness (QED) is 0.511. The maximum atomic E-state index is 12.4. The second kappa shape index (κ2) is 5.41. The van der Waals surface area contributed by atoms with E-state index in [1.807, 2.05) is 0 Å². The minimum absolute atomic E-state index is 0.176. The molecule has 7 nitrogen and oxygen atoms in total. The van der Waals surface area contributed by atoms with Crippen molar-refractivity contribution < 1.29 is 13.3 Å². The smallest absolute Gasteiger partial charge is 0.290 e. The molecule has 0 unspecified atom stereocenters. The maximum absolute atomic E-state index is 12.4. The Morgan fingerprint density at radius 3 is 2.43 bits per heavy atom. The Morgan fingerprint density at radius 1 is 1.14 bits per heavy atom. The zero-order valence-electron chi connectivity index (χ0n) is 11.1. The van der Waals surface area contributed by atoms with Gasteiger partial charge in [0.15, 0.2) is 4.90 Å². The first kappa shape index (κ1) is 14.8. The number of hydrogen-bond donors (Lipinski definition) is 2. The Labute approximate surface area is 121 Å². The standard InChI is InChI=1S/C13H13N3O4S/c1-9-5-4-8-12(16(17)18)13(9)21(19,20)15-11-7-3-2-6-10(11)14/h2-8,15H,14H2,1H3. The zero-order valence-corrected chi connectivity index (χ0v) is 11.9. The third-order valence-corrected chi connectivity index (χ3v) is 4.42. The van der Waals surface area contributed by atoms with Crippen LogP contribution in [0.5, 0.6) is 0 Å². The van der Waals surface area contributed by atoms with Gasteiger partial charge >= 0.3 is 0 Å². The van der Waals surface area contributed by atoms with Crippen LogP contribution in [0.15, 0.2) is 47.4 Å². The molecule has 0 aliphatic carbocycles. The van der Waals surface area contributed by atoms with Crippen LogP contribution in [0.25, 0.3) is 0 Å². The van der Waals surface area contributed by atoms with Gasteiger partial charge in [-0.1, -0.05) is 24.3 Å². The summed E-state index contributed by atoms with van der Waals surface area (Å²) in [6.45, 7) is 1.50. The lowest BCUT2D eigenvalue weighted by atomic mass is 10.2. The van der Waals surface area contributed by atoms with Gasteiger partial charge in [-0.3, -0.25) is 14.8 Å². The summed E-state index contributed by atoms with van der Waals surface area (Å²) >= 11 is 0. The second-order valence-electron chi connectivity index (χ2n) is 4.37. The fraction of sp³-hybridized carbons (Fsp3) is 0.0769. The predicted molar refractivity (Wildman–Crippen MR) is 79.5 cm³/mol. The van der Waals surface area contributed by atoms with Gasteiger partial charge in [0.05, 0.1) is 16.3 Å². The van der Waals surface area contributed by atoms with E-state index in [4.69, 9.17) is 5.73 Å². The van der Waals surface area contributed by atoms with Crippen molar-refractivity contribution in [2.24, 2.45) is 0 Å². The molecular formula is C13H13N3O4S. The van der Waals surface area contributed by atoms with Gasteiger partial charge in [0.25, 0.3) is 15.7 Å². The average molecular weight is 307 g/mol. The summed E-state index contributed by atoms with van der Waals surface area (Å²) in [7, 11) is -4.11. The van der Waals surface area contributed by atoms with E-state index in [2.05, 4.69) is 4.72 Å². The van der Waals surface area contributed by atoms with Crippen molar-refractivity contribution in [1.82, 2.24) is 0 Å². The number of nitrogen functional groups attached to an aromatic ring is 1. The molecule has 8 heteroatoms. The minimum Gasteiger partial charge on any atom is -0.397 e. The van der Waals surface area contributed by atoms with Crippen LogP contribution < -0.4 is 10.5 Å². The number of benzene rings is 2. The van der Waals surface area contributed by atoms with Crippen LogP contribution in [0.1, 0.15) is 5.56 Å². The number of nitrogens with zero attached hydrogens (tertiary/aromatic N) is 1. The van der Waals surface area contributed by atoms with Crippen molar-refractivity contribution in [3.05, 3.63) is 58.1 Å². The molecule has 0 saturated heterocycles. The molecule has 0 bridgehead atoms. The summed E-state index contributed by atoms with van der Waals surface area (Å²) in [6.07, 6.45) is 0. The number of nitro benzene ring substituents is 1. The van der Waals surface area contributed by atoms with Crippen LogP contribution in [-0.2, 0) is 10.0 Å². The van der Waals surface area contributed by atoms with Gasteiger partial charge in [-0.25, -0.2) is 8.42 Å². The topological polar surface area (TPSA) is 115 Å². The van der Waals surface area contributed by atoms with Gasteiger partial charge in [-0.15, -0.1) is 0 Å². The molecule has 0 atom stereocenters. The van der Waals surface area contributed by atoms with E-state index >= 15 is 0 Å². The van der Waals surface area contributed by atoms with Gasteiger partial charge in [0.1, 0.15) is 0 Å².